The summed E-state index contributed by atoms with van der Waals surface area (Å²) < 4.78 is 13.8. The van der Waals surface area contributed by atoms with Crippen LogP contribution in [-0.4, -0.2) is 27.6 Å². The van der Waals surface area contributed by atoms with Crippen molar-refractivity contribution in [2.45, 2.75) is 0 Å². The van der Waals surface area contributed by atoms with Crippen molar-refractivity contribution in [3.05, 3.63) is 65.4 Å². The smallest absolute Gasteiger partial charge is 0.322 e. The first-order valence-electron chi connectivity index (χ1n) is 7.38. The Morgan fingerprint density at radius 2 is 1.72 bits per heavy atom. The Labute approximate surface area is 148 Å². The molecule has 25 heavy (non-hydrogen) atoms. The highest BCUT2D eigenvalue weighted by Crippen LogP contribution is 2.27. The molecule has 0 unspecified atom stereocenters. The molecule has 0 atom stereocenters. The molecule has 1 aromatic heterocycles. The fraction of sp³-hybridized carbons (Fsp3) is 0.0556. The zero-order valence-corrected chi connectivity index (χ0v) is 13.7. The van der Waals surface area contributed by atoms with E-state index in [9.17, 15) is 9.18 Å². The Bertz CT molecular complexity index is 919. The van der Waals surface area contributed by atoms with Gasteiger partial charge in [0.25, 0.3) is 0 Å². The minimum Gasteiger partial charge on any atom is -0.480 e. The maximum Gasteiger partial charge on any atom is 0.322 e. The molecular weight excluding hydrogens is 345 g/mol. The van der Waals surface area contributed by atoms with Crippen LogP contribution in [0, 0.1) is 5.82 Å². The van der Waals surface area contributed by atoms with Crippen molar-refractivity contribution >= 4 is 23.5 Å². The summed E-state index contributed by atoms with van der Waals surface area (Å²) in [5.74, 6) is -1.44. The Balaban J connectivity index is 2.08. The van der Waals surface area contributed by atoms with Crippen LogP contribution in [0.1, 0.15) is 0 Å². The van der Waals surface area contributed by atoms with Crippen LogP contribution < -0.4 is 5.32 Å². The molecule has 3 rings (SSSR count). The largest absolute Gasteiger partial charge is 0.480 e. The number of carboxylic acid groups (broad SMARTS) is 1. The van der Waals surface area contributed by atoms with Crippen LogP contribution in [0.15, 0.2) is 54.6 Å². The number of hydrogen-bond donors (Lipinski definition) is 2. The Morgan fingerprint density at radius 3 is 2.36 bits per heavy atom. The van der Waals surface area contributed by atoms with Gasteiger partial charge in [-0.25, -0.2) is 14.4 Å². The van der Waals surface area contributed by atoms with E-state index >= 15 is 0 Å². The number of nitrogens with zero attached hydrogens (tertiary/aromatic N) is 2. The lowest BCUT2D eigenvalue weighted by atomic mass is 10.1. The van der Waals surface area contributed by atoms with E-state index in [2.05, 4.69) is 15.3 Å². The van der Waals surface area contributed by atoms with Crippen LogP contribution in [0.25, 0.3) is 22.5 Å². The third kappa shape index (κ3) is 4.10. The molecule has 0 radical (unpaired) electrons. The van der Waals surface area contributed by atoms with E-state index in [0.717, 1.165) is 5.56 Å². The van der Waals surface area contributed by atoms with Crippen molar-refractivity contribution in [3.63, 3.8) is 0 Å². The van der Waals surface area contributed by atoms with E-state index < -0.39 is 11.8 Å². The number of carbonyl (C=O) groups is 1. The van der Waals surface area contributed by atoms with Gasteiger partial charge in [-0.1, -0.05) is 48.0 Å². The third-order valence-electron chi connectivity index (χ3n) is 3.41. The molecule has 0 spiro atoms. The van der Waals surface area contributed by atoms with Gasteiger partial charge in [0.1, 0.15) is 12.4 Å². The van der Waals surface area contributed by atoms with Crippen molar-refractivity contribution in [3.8, 4) is 22.5 Å². The van der Waals surface area contributed by atoms with Crippen molar-refractivity contribution in [1.82, 2.24) is 9.97 Å². The Hall–Kier alpha value is -2.99. The number of aliphatic carboxylic acids is 1. The number of rotatable bonds is 5. The molecule has 0 aliphatic heterocycles. The number of aromatic nitrogens is 2. The van der Waals surface area contributed by atoms with Crippen LogP contribution in [0.5, 0.6) is 0 Å². The zero-order valence-electron chi connectivity index (χ0n) is 12.9. The second-order valence-electron chi connectivity index (χ2n) is 5.20. The molecule has 0 aliphatic rings. The fourth-order valence-electron chi connectivity index (χ4n) is 2.24. The van der Waals surface area contributed by atoms with Crippen LogP contribution in [0.4, 0.5) is 10.3 Å². The number of halogens is 2. The highest BCUT2D eigenvalue weighted by molar-refractivity contribution is 6.30. The fourth-order valence-corrected chi connectivity index (χ4v) is 2.36. The first-order valence-corrected chi connectivity index (χ1v) is 7.76. The summed E-state index contributed by atoms with van der Waals surface area (Å²) in [6, 6.07) is 15.4. The predicted octanol–water partition coefficient (Wildman–Crippen LogP) is 4.10. The quantitative estimate of drug-likeness (QED) is 0.719. The van der Waals surface area contributed by atoms with Crippen LogP contribution in [0.2, 0.25) is 5.02 Å². The molecule has 126 valence electrons. The molecule has 5 nitrogen and oxygen atoms in total. The summed E-state index contributed by atoms with van der Waals surface area (Å²) in [5.41, 5.74) is 2.39. The van der Waals surface area contributed by atoms with Gasteiger partial charge in [0.2, 0.25) is 5.95 Å². The van der Waals surface area contributed by atoms with Gasteiger partial charge in [-0.2, -0.15) is 0 Å². The first-order chi connectivity index (χ1) is 12.0. The SMILES string of the molecule is O=C(O)CNc1nc(-c2ccccc2)cc(-c2ccc(Cl)c(F)c2)n1. The van der Waals surface area contributed by atoms with Crippen molar-refractivity contribution in [1.29, 1.82) is 0 Å². The van der Waals surface area contributed by atoms with Gasteiger partial charge >= 0.3 is 5.97 Å². The van der Waals surface area contributed by atoms with Crippen molar-refractivity contribution < 1.29 is 14.3 Å². The minimum atomic E-state index is -1.03. The van der Waals surface area contributed by atoms with Crippen LogP contribution in [0.3, 0.4) is 0 Å². The van der Waals surface area contributed by atoms with Gasteiger partial charge in [-0.05, 0) is 18.2 Å². The molecule has 0 fully saturated rings. The highest BCUT2D eigenvalue weighted by Gasteiger charge is 2.11. The lowest BCUT2D eigenvalue weighted by molar-refractivity contribution is -0.134. The lowest BCUT2D eigenvalue weighted by Crippen LogP contribution is -2.14. The van der Waals surface area contributed by atoms with Gasteiger partial charge in [0, 0.05) is 11.1 Å². The van der Waals surface area contributed by atoms with E-state index in [1.54, 1.807) is 12.1 Å². The molecule has 2 N–H and O–H groups in total. The summed E-state index contributed by atoms with van der Waals surface area (Å²) in [4.78, 5) is 19.4. The second kappa shape index (κ2) is 7.27. The maximum absolute atomic E-state index is 13.8. The number of benzene rings is 2. The summed E-state index contributed by atoms with van der Waals surface area (Å²) >= 11 is 5.73. The zero-order chi connectivity index (χ0) is 17.8. The second-order valence-corrected chi connectivity index (χ2v) is 5.61. The van der Waals surface area contributed by atoms with Gasteiger partial charge in [0.15, 0.2) is 0 Å². The summed E-state index contributed by atoms with van der Waals surface area (Å²) in [6.45, 7) is -0.327. The summed E-state index contributed by atoms with van der Waals surface area (Å²) in [6.07, 6.45) is 0. The van der Waals surface area contributed by atoms with E-state index in [1.165, 1.54) is 12.1 Å². The monoisotopic (exact) mass is 357 g/mol. The highest BCUT2D eigenvalue weighted by atomic mass is 35.5. The average Bonchev–Trinajstić information content (AvgIpc) is 2.63. The number of anilines is 1. The molecular formula is C18H13ClFN3O2. The maximum atomic E-state index is 13.8. The van der Waals surface area contributed by atoms with Gasteiger partial charge < -0.3 is 10.4 Å². The standard InChI is InChI=1S/C18H13ClFN3O2/c19-13-7-6-12(8-14(13)20)16-9-15(11-4-2-1-3-5-11)22-18(23-16)21-10-17(24)25/h1-9H,10H2,(H,24,25)(H,21,22,23). The third-order valence-corrected chi connectivity index (χ3v) is 3.72. The molecule has 0 bridgehead atoms. The van der Waals surface area contributed by atoms with E-state index in [-0.39, 0.29) is 17.5 Å². The van der Waals surface area contributed by atoms with Crippen LogP contribution >= 0.6 is 11.6 Å². The topological polar surface area (TPSA) is 75.1 Å². The Morgan fingerprint density at radius 1 is 1.04 bits per heavy atom. The molecule has 0 saturated carbocycles. The Kier molecular flexibility index (Phi) is 4.90. The van der Waals surface area contributed by atoms with E-state index in [1.807, 2.05) is 30.3 Å². The average molecular weight is 358 g/mol. The van der Waals surface area contributed by atoms with Gasteiger partial charge in [0.05, 0.1) is 16.4 Å². The summed E-state index contributed by atoms with van der Waals surface area (Å²) in [5, 5.41) is 11.5. The van der Waals surface area contributed by atoms with Gasteiger partial charge in [-0.15, -0.1) is 0 Å². The van der Waals surface area contributed by atoms with Crippen molar-refractivity contribution in [2.24, 2.45) is 0 Å². The lowest BCUT2D eigenvalue weighted by Gasteiger charge is -2.10. The van der Waals surface area contributed by atoms with E-state index in [4.69, 9.17) is 16.7 Å². The molecule has 0 aliphatic carbocycles. The number of nitrogens with one attached hydrogen (secondary N) is 1. The molecule has 7 heteroatoms. The van der Waals surface area contributed by atoms with E-state index in [0.29, 0.717) is 17.0 Å². The van der Waals surface area contributed by atoms with Crippen LogP contribution in [-0.2, 0) is 4.79 Å². The molecule has 0 saturated heterocycles. The predicted molar refractivity (Wildman–Crippen MR) is 94.0 cm³/mol. The van der Waals surface area contributed by atoms with Crippen molar-refractivity contribution in [2.75, 3.05) is 11.9 Å². The summed E-state index contributed by atoms with van der Waals surface area (Å²) in [7, 11) is 0. The number of carboxylic acids is 1. The molecule has 3 aromatic rings. The normalized spacial score (nSPS) is 10.5. The molecule has 1 heterocycles. The molecule has 0 amide bonds. The molecule has 2 aromatic carbocycles. The van der Waals surface area contributed by atoms with Gasteiger partial charge in [-0.3, -0.25) is 4.79 Å². The first kappa shape index (κ1) is 16.9. The minimum absolute atomic E-state index is 0.0188. The number of hydrogen-bond acceptors (Lipinski definition) is 4.